The van der Waals surface area contributed by atoms with E-state index in [9.17, 15) is 14.4 Å². The van der Waals surface area contributed by atoms with Gasteiger partial charge in [0.2, 0.25) is 0 Å². The van der Waals surface area contributed by atoms with E-state index in [1.54, 1.807) is 50.6 Å². The first-order valence-electron chi connectivity index (χ1n) is 9.98. The third-order valence-electron chi connectivity index (χ3n) is 5.32. The lowest BCUT2D eigenvalue weighted by molar-refractivity contribution is 0.0673. The third-order valence-corrected chi connectivity index (χ3v) is 5.32. The molecule has 0 saturated carbocycles. The first-order valence-corrected chi connectivity index (χ1v) is 9.98. The average Bonchev–Trinajstić information content (AvgIpc) is 3.08. The van der Waals surface area contributed by atoms with Crippen molar-refractivity contribution in [3.8, 4) is 28.7 Å². The first kappa shape index (κ1) is 21.6. The minimum Gasteiger partial charge on any atom is -0.496 e. The van der Waals surface area contributed by atoms with Gasteiger partial charge in [-0.3, -0.25) is 19.3 Å². The Morgan fingerprint density at radius 2 is 1.58 bits per heavy atom. The Hall–Kier alpha value is -4.64. The van der Waals surface area contributed by atoms with Crippen LogP contribution in [0, 0.1) is 11.3 Å². The number of carbonyl (C=O) groups is 3. The monoisotopic (exact) mass is 441 g/mol. The number of nitriles is 1. The topological polar surface area (TPSA) is 109 Å². The fourth-order valence-electron chi connectivity index (χ4n) is 3.71. The normalized spacial score (nSPS) is 12.2. The number of amides is 3. The van der Waals surface area contributed by atoms with Gasteiger partial charge in [-0.05, 0) is 48.0 Å². The molecule has 8 heteroatoms. The van der Waals surface area contributed by atoms with Crippen molar-refractivity contribution in [1.29, 1.82) is 5.26 Å². The van der Waals surface area contributed by atoms with Gasteiger partial charge in [-0.15, -0.1) is 0 Å². The number of ether oxygens (including phenoxy) is 2. The molecule has 3 amide bonds. The maximum Gasteiger partial charge on any atom is 0.262 e. The van der Waals surface area contributed by atoms with E-state index in [1.807, 2.05) is 18.2 Å². The van der Waals surface area contributed by atoms with Gasteiger partial charge in [0.1, 0.15) is 18.0 Å². The summed E-state index contributed by atoms with van der Waals surface area (Å²) in [6.45, 7) is -0.322. The predicted octanol–water partition coefficient (Wildman–Crippen LogP) is 3.74. The molecule has 1 N–H and O–H groups in total. The zero-order valence-corrected chi connectivity index (χ0v) is 17.9. The highest BCUT2D eigenvalue weighted by Gasteiger charge is 2.35. The van der Waals surface area contributed by atoms with E-state index in [4.69, 9.17) is 14.7 Å². The Morgan fingerprint density at radius 3 is 2.18 bits per heavy atom. The molecule has 164 valence electrons. The number of imide groups is 1. The molecule has 0 unspecified atom stereocenters. The summed E-state index contributed by atoms with van der Waals surface area (Å²) in [7, 11) is 3.16. The van der Waals surface area contributed by atoms with E-state index in [2.05, 4.69) is 5.32 Å². The summed E-state index contributed by atoms with van der Waals surface area (Å²) in [5.41, 5.74) is 2.74. The smallest absolute Gasteiger partial charge is 0.262 e. The Morgan fingerprint density at radius 1 is 0.939 bits per heavy atom. The van der Waals surface area contributed by atoms with Gasteiger partial charge in [-0.25, -0.2) is 0 Å². The van der Waals surface area contributed by atoms with Crippen molar-refractivity contribution in [3.63, 3.8) is 0 Å². The molecule has 0 radical (unpaired) electrons. The van der Waals surface area contributed by atoms with Crippen LogP contribution >= 0.6 is 0 Å². The van der Waals surface area contributed by atoms with Gasteiger partial charge in [0.05, 0.1) is 37.0 Å². The van der Waals surface area contributed by atoms with Crippen LogP contribution in [0.4, 0.5) is 5.69 Å². The van der Waals surface area contributed by atoms with Crippen molar-refractivity contribution in [3.05, 3.63) is 77.4 Å². The van der Waals surface area contributed by atoms with Crippen LogP contribution < -0.4 is 14.8 Å². The van der Waals surface area contributed by atoms with Crippen LogP contribution in [-0.4, -0.2) is 43.4 Å². The van der Waals surface area contributed by atoms with Crippen molar-refractivity contribution in [1.82, 2.24) is 4.90 Å². The van der Waals surface area contributed by atoms with Crippen LogP contribution in [0.1, 0.15) is 31.1 Å². The highest BCUT2D eigenvalue weighted by Crippen LogP contribution is 2.38. The van der Waals surface area contributed by atoms with E-state index >= 15 is 0 Å². The molecule has 0 atom stereocenters. The van der Waals surface area contributed by atoms with Gasteiger partial charge in [0.25, 0.3) is 17.7 Å². The number of nitrogens with one attached hydrogen (secondary N) is 1. The van der Waals surface area contributed by atoms with E-state index in [-0.39, 0.29) is 23.6 Å². The molecule has 1 aliphatic heterocycles. The van der Waals surface area contributed by atoms with Crippen LogP contribution in [0.25, 0.3) is 11.1 Å². The quantitative estimate of drug-likeness (QED) is 0.461. The van der Waals surface area contributed by atoms with Gasteiger partial charge in [-0.1, -0.05) is 18.2 Å². The highest BCUT2D eigenvalue weighted by atomic mass is 16.5. The molecule has 1 heterocycles. The van der Waals surface area contributed by atoms with Crippen molar-refractivity contribution < 1.29 is 23.9 Å². The summed E-state index contributed by atoms with van der Waals surface area (Å²) >= 11 is 0. The lowest BCUT2D eigenvalue weighted by atomic mass is 10.0. The van der Waals surface area contributed by atoms with Crippen LogP contribution in [0.2, 0.25) is 0 Å². The summed E-state index contributed by atoms with van der Waals surface area (Å²) < 4.78 is 10.9. The van der Waals surface area contributed by atoms with E-state index in [0.717, 1.165) is 16.0 Å². The number of hydrogen-bond acceptors (Lipinski definition) is 6. The fourth-order valence-corrected chi connectivity index (χ4v) is 3.71. The third kappa shape index (κ3) is 3.88. The fraction of sp³-hybridized carbons (Fsp3) is 0.120. The molecular formula is C25H19N3O5. The average molecular weight is 441 g/mol. The van der Waals surface area contributed by atoms with E-state index in [1.165, 1.54) is 12.1 Å². The SMILES string of the molecule is COc1cccc(OC)c1-c1ccc(C(=O)Nc2ccc3c(c2)C(=O)N(CC#N)C3=O)cc1. The molecule has 8 nitrogen and oxygen atoms in total. The van der Waals surface area contributed by atoms with Crippen molar-refractivity contribution in [2.24, 2.45) is 0 Å². The molecular weight excluding hydrogens is 422 g/mol. The van der Waals surface area contributed by atoms with Gasteiger partial charge < -0.3 is 14.8 Å². The molecule has 4 rings (SSSR count). The molecule has 0 saturated heterocycles. The Labute approximate surface area is 190 Å². The van der Waals surface area contributed by atoms with Crippen molar-refractivity contribution in [2.45, 2.75) is 0 Å². The minimum absolute atomic E-state index is 0.159. The molecule has 0 aliphatic carbocycles. The molecule has 0 fully saturated rings. The zero-order chi connectivity index (χ0) is 23.5. The summed E-state index contributed by atoms with van der Waals surface area (Å²) in [6, 6.07) is 18.7. The molecule has 3 aromatic rings. The summed E-state index contributed by atoms with van der Waals surface area (Å²) in [5, 5.41) is 11.6. The standard InChI is InChI=1S/C25H19N3O5/c1-32-20-4-3-5-21(33-2)22(20)15-6-8-16(9-7-15)23(29)27-17-10-11-18-19(14-17)25(31)28(13-12-26)24(18)30/h3-11,14H,13H2,1-2H3,(H,27,29). The Kier molecular flexibility index (Phi) is 5.79. The van der Waals surface area contributed by atoms with Crippen LogP contribution in [0.5, 0.6) is 11.5 Å². The van der Waals surface area contributed by atoms with Crippen LogP contribution in [-0.2, 0) is 0 Å². The molecule has 0 aromatic heterocycles. The molecule has 0 spiro atoms. The molecule has 33 heavy (non-hydrogen) atoms. The van der Waals surface area contributed by atoms with Gasteiger partial charge >= 0.3 is 0 Å². The van der Waals surface area contributed by atoms with E-state index in [0.29, 0.717) is 22.7 Å². The zero-order valence-electron chi connectivity index (χ0n) is 17.9. The molecule has 0 bridgehead atoms. The van der Waals surface area contributed by atoms with Crippen molar-refractivity contribution in [2.75, 3.05) is 26.1 Å². The van der Waals surface area contributed by atoms with Crippen LogP contribution in [0.3, 0.4) is 0 Å². The van der Waals surface area contributed by atoms with Gasteiger partial charge in [-0.2, -0.15) is 5.26 Å². The maximum absolute atomic E-state index is 12.8. The second-order valence-corrected chi connectivity index (χ2v) is 7.18. The summed E-state index contributed by atoms with van der Waals surface area (Å²) in [5.74, 6) is -0.151. The second kappa shape index (κ2) is 8.85. The highest BCUT2D eigenvalue weighted by molar-refractivity contribution is 6.22. The molecule has 1 aliphatic rings. The lowest BCUT2D eigenvalue weighted by Gasteiger charge is -2.13. The number of rotatable bonds is 6. The Balaban J connectivity index is 1.55. The van der Waals surface area contributed by atoms with Gasteiger partial charge in [0, 0.05) is 11.3 Å². The number of benzene rings is 3. The number of carbonyl (C=O) groups excluding carboxylic acids is 3. The number of methoxy groups -OCH3 is 2. The predicted molar refractivity (Wildman–Crippen MR) is 120 cm³/mol. The lowest BCUT2D eigenvalue weighted by Crippen LogP contribution is -2.29. The second-order valence-electron chi connectivity index (χ2n) is 7.18. The van der Waals surface area contributed by atoms with Gasteiger partial charge in [0.15, 0.2) is 0 Å². The largest absolute Gasteiger partial charge is 0.496 e. The Bertz CT molecular complexity index is 1290. The minimum atomic E-state index is -0.553. The molecule has 3 aromatic carbocycles. The first-order chi connectivity index (χ1) is 16.0. The summed E-state index contributed by atoms with van der Waals surface area (Å²) in [6.07, 6.45) is 0. The maximum atomic E-state index is 12.8. The number of hydrogen-bond donors (Lipinski definition) is 1. The summed E-state index contributed by atoms with van der Waals surface area (Å²) in [4.78, 5) is 38.3. The number of fused-ring (bicyclic) bond motifs is 1. The van der Waals surface area contributed by atoms with E-state index < -0.39 is 11.8 Å². The number of anilines is 1. The van der Waals surface area contributed by atoms with Crippen molar-refractivity contribution >= 4 is 23.4 Å². The van der Waals surface area contributed by atoms with Crippen LogP contribution in [0.15, 0.2) is 60.7 Å². The number of nitrogens with zero attached hydrogens (tertiary/aromatic N) is 2.